The van der Waals surface area contributed by atoms with Crippen molar-refractivity contribution in [2.75, 3.05) is 36.1 Å². The number of rotatable bonds is 3. The van der Waals surface area contributed by atoms with E-state index in [-0.39, 0.29) is 17.7 Å². The lowest BCUT2D eigenvalue weighted by atomic mass is 9.94. The summed E-state index contributed by atoms with van der Waals surface area (Å²) in [6.07, 6.45) is 3.02. The Balaban J connectivity index is 1.64. The summed E-state index contributed by atoms with van der Waals surface area (Å²) in [4.78, 5) is 27.0. The fourth-order valence-corrected chi connectivity index (χ4v) is 4.66. The minimum absolute atomic E-state index is 0.0753. The number of hydrogen-bond donors (Lipinski definition) is 1. The van der Waals surface area contributed by atoms with E-state index in [0.29, 0.717) is 32.5 Å². The molecule has 154 valence electrons. The quantitative estimate of drug-likeness (QED) is 0.832. The number of hydrogen-bond acceptors (Lipinski definition) is 4. The molecule has 2 amide bonds. The van der Waals surface area contributed by atoms with Gasteiger partial charge < -0.3 is 10.2 Å². The van der Waals surface area contributed by atoms with Gasteiger partial charge in [0.05, 0.1) is 6.26 Å². The van der Waals surface area contributed by atoms with Crippen LogP contribution >= 0.6 is 0 Å². The predicted molar refractivity (Wildman–Crippen MR) is 110 cm³/mol. The summed E-state index contributed by atoms with van der Waals surface area (Å²) in [5, 5.41) is 2.96. The second-order valence-electron chi connectivity index (χ2n) is 8.73. The molecule has 0 aliphatic carbocycles. The third-order valence-electron chi connectivity index (χ3n) is 5.42. The van der Waals surface area contributed by atoms with Crippen LogP contribution in [-0.4, -0.2) is 50.4 Å². The number of piperidine rings is 1. The second kappa shape index (κ2) is 7.48. The summed E-state index contributed by atoms with van der Waals surface area (Å²) in [5.41, 5.74) is 2.26. The van der Waals surface area contributed by atoms with Crippen molar-refractivity contribution in [2.45, 2.75) is 40.0 Å². The highest BCUT2D eigenvalue weighted by molar-refractivity contribution is 7.88. The summed E-state index contributed by atoms with van der Waals surface area (Å²) < 4.78 is 24.6. The maximum Gasteiger partial charge on any atom is 0.232 e. The van der Waals surface area contributed by atoms with Crippen LogP contribution in [0.15, 0.2) is 18.2 Å². The minimum atomic E-state index is -3.19. The number of anilines is 2. The molecule has 0 spiro atoms. The first-order valence-electron chi connectivity index (χ1n) is 9.68. The number of carbonyl (C=O) groups is 2. The summed E-state index contributed by atoms with van der Waals surface area (Å²) in [6.45, 7) is 7.16. The zero-order valence-electron chi connectivity index (χ0n) is 17.0. The normalized spacial score (nSPS) is 18.8. The molecule has 0 radical (unpaired) electrons. The van der Waals surface area contributed by atoms with E-state index in [1.54, 1.807) is 0 Å². The fourth-order valence-electron chi connectivity index (χ4n) is 3.79. The molecule has 0 unspecified atom stereocenters. The van der Waals surface area contributed by atoms with Gasteiger partial charge >= 0.3 is 0 Å². The van der Waals surface area contributed by atoms with Crippen LogP contribution in [0.25, 0.3) is 0 Å². The second-order valence-corrected chi connectivity index (χ2v) is 10.7. The Kier molecular flexibility index (Phi) is 5.55. The maximum atomic E-state index is 12.6. The zero-order valence-corrected chi connectivity index (χ0v) is 17.8. The molecule has 0 bridgehead atoms. The molecule has 0 atom stereocenters. The molecule has 1 fully saturated rings. The summed E-state index contributed by atoms with van der Waals surface area (Å²) in [5.74, 6) is -0.167. The Morgan fingerprint density at radius 2 is 1.75 bits per heavy atom. The molecule has 0 aromatic heterocycles. The third-order valence-corrected chi connectivity index (χ3v) is 6.73. The third kappa shape index (κ3) is 4.38. The number of benzene rings is 1. The first kappa shape index (κ1) is 20.8. The first-order chi connectivity index (χ1) is 13.0. The number of carbonyl (C=O) groups excluding carboxylic acids is 2. The minimum Gasteiger partial charge on any atom is -0.326 e. The van der Waals surface area contributed by atoms with Crippen molar-refractivity contribution in [1.82, 2.24) is 4.31 Å². The average molecular weight is 408 g/mol. The van der Waals surface area contributed by atoms with Gasteiger partial charge in [0.1, 0.15) is 0 Å². The van der Waals surface area contributed by atoms with E-state index in [0.717, 1.165) is 23.4 Å². The molecule has 1 aromatic carbocycles. The van der Waals surface area contributed by atoms with Gasteiger partial charge in [-0.05, 0) is 43.0 Å². The van der Waals surface area contributed by atoms with Crippen molar-refractivity contribution in [3.63, 3.8) is 0 Å². The van der Waals surface area contributed by atoms with E-state index in [9.17, 15) is 18.0 Å². The molecule has 1 N–H and O–H groups in total. The Morgan fingerprint density at radius 3 is 2.32 bits per heavy atom. The van der Waals surface area contributed by atoms with Crippen molar-refractivity contribution in [1.29, 1.82) is 0 Å². The van der Waals surface area contributed by atoms with Crippen molar-refractivity contribution in [3.05, 3.63) is 23.8 Å². The Bertz CT molecular complexity index is 881. The average Bonchev–Trinajstić information content (AvgIpc) is 3.02. The van der Waals surface area contributed by atoms with Gasteiger partial charge in [0.2, 0.25) is 21.8 Å². The van der Waals surface area contributed by atoms with E-state index in [1.807, 2.05) is 43.9 Å². The standard InChI is InChI=1S/C20H29N3O4S/c1-20(2,3)19(25)23-12-9-15-13-16(5-6-17(15)23)21-18(24)14-7-10-22(11-8-14)28(4,26)27/h5-6,13-14H,7-12H2,1-4H3,(H,21,24). The molecule has 8 heteroatoms. The molecule has 2 aliphatic heterocycles. The lowest BCUT2D eigenvalue weighted by molar-refractivity contribution is -0.125. The van der Waals surface area contributed by atoms with Crippen LogP contribution in [-0.2, 0) is 26.0 Å². The number of sulfonamides is 1. The highest BCUT2D eigenvalue weighted by Gasteiger charge is 2.33. The van der Waals surface area contributed by atoms with Crippen LogP contribution in [0.5, 0.6) is 0 Å². The largest absolute Gasteiger partial charge is 0.326 e. The molecular weight excluding hydrogens is 378 g/mol. The van der Waals surface area contributed by atoms with Crippen LogP contribution in [0.2, 0.25) is 0 Å². The molecule has 28 heavy (non-hydrogen) atoms. The van der Waals surface area contributed by atoms with E-state index < -0.39 is 15.4 Å². The lowest BCUT2D eigenvalue weighted by Gasteiger charge is -2.29. The van der Waals surface area contributed by atoms with E-state index in [1.165, 1.54) is 10.6 Å². The van der Waals surface area contributed by atoms with Crippen LogP contribution in [0.4, 0.5) is 11.4 Å². The van der Waals surface area contributed by atoms with Gasteiger partial charge in [-0.25, -0.2) is 12.7 Å². The van der Waals surface area contributed by atoms with Gasteiger partial charge in [-0.15, -0.1) is 0 Å². The van der Waals surface area contributed by atoms with Crippen molar-refractivity contribution >= 4 is 33.2 Å². The van der Waals surface area contributed by atoms with Gasteiger partial charge in [0.25, 0.3) is 0 Å². The van der Waals surface area contributed by atoms with Gasteiger partial charge in [0.15, 0.2) is 0 Å². The van der Waals surface area contributed by atoms with Crippen LogP contribution in [0, 0.1) is 11.3 Å². The first-order valence-corrected chi connectivity index (χ1v) is 11.5. The highest BCUT2D eigenvalue weighted by Crippen LogP contribution is 2.34. The Labute approximate surface area is 167 Å². The molecule has 1 saturated heterocycles. The predicted octanol–water partition coefficient (Wildman–Crippen LogP) is 2.23. The summed E-state index contributed by atoms with van der Waals surface area (Å²) in [6, 6.07) is 5.67. The van der Waals surface area contributed by atoms with Crippen molar-refractivity contribution in [2.24, 2.45) is 11.3 Å². The van der Waals surface area contributed by atoms with Crippen LogP contribution in [0.3, 0.4) is 0 Å². The molecule has 3 rings (SSSR count). The molecule has 7 nitrogen and oxygen atoms in total. The van der Waals surface area contributed by atoms with Crippen molar-refractivity contribution < 1.29 is 18.0 Å². The number of fused-ring (bicyclic) bond motifs is 1. The number of nitrogens with zero attached hydrogens (tertiary/aromatic N) is 2. The van der Waals surface area contributed by atoms with Gasteiger partial charge in [-0.1, -0.05) is 20.8 Å². The Hall–Kier alpha value is -1.93. The molecule has 2 aliphatic rings. The van der Waals surface area contributed by atoms with E-state index in [4.69, 9.17) is 0 Å². The topological polar surface area (TPSA) is 86.8 Å². The summed E-state index contributed by atoms with van der Waals surface area (Å²) >= 11 is 0. The van der Waals surface area contributed by atoms with Gasteiger partial charge in [-0.2, -0.15) is 0 Å². The lowest BCUT2D eigenvalue weighted by Crippen LogP contribution is -2.40. The molecule has 1 aromatic rings. The Morgan fingerprint density at radius 1 is 1.11 bits per heavy atom. The number of amides is 2. The SMILES string of the molecule is CC(C)(C)C(=O)N1CCc2cc(NC(=O)C3CCN(S(C)(=O)=O)CC3)ccc21. The molecule has 2 heterocycles. The summed E-state index contributed by atoms with van der Waals surface area (Å²) in [7, 11) is -3.19. The monoisotopic (exact) mass is 407 g/mol. The van der Waals surface area contributed by atoms with Gasteiger partial charge in [-0.3, -0.25) is 9.59 Å². The maximum absolute atomic E-state index is 12.6. The highest BCUT2D eigenvalue weighted by atomic mass is 32.2. The number of nitrogens with one attached hydrogen (secondary N) is 1. The van der Waals surface area contributed by atoms with E-state index in [2.05, 4.69) is 5.32 Å². The van der Waals surface area contributed by atoms with Crippen LogP contribution < -0.4 is 10.2 Å². The fraction of sp³-hybridized carbons (Fsp3) is 0.600. The van der Waals surface area contributed by atoms with Crippen LogP contribution in [0.1, 0.15) is 39.2 Å². The zero-order chi connectivity index (χ0) is 20.7. The molecule has 0 saturated carbocycles. The van der Waals surface area contributed by atoms with E-state index >= 15 is 0 Å². The smallest absolute Gasteiger partial charge is 0.232 e. The van der Waals surface area contributed by atoms with Crippen molar-refractivity contribution in [3.8, 4) is 0 Å². The van der Waals surface area contributed by atoms with Gasteiger partial charge in [0, 0.05) is 42.3 Å². The molecular formula is C20H29N3O4S.